The normalized spacial score (nSPS) is 22.7. The number of likely N-dealkylation sites (tertiary alicyclic amines) is 1. The summed E-state index contributed by atoms with van der Waals surface area (Å²) in [6.45, 7) is 4.07. The number of hydrogen-bond acceptors (Lipinski definition) is 3. The van der Waals surface area contributed by atoms with E-state index < -0.39 is 0 Å². The molecule has 2 aromatic rings. The minimum Gasteiger partial charge on any atom is -0.383 e. The number of nitrogens with zero attached hydrogens (tertiary/aromatic N) is 2. The highest BCUT2D eigenvalue weighted by atomic mass is 16.5. The van der Waals surface area contributed by atoms with Gasteiger partial charge in [0.25, 0.3) is 0 Å². The van der Waals surface area contributed by atoms with Gasteiger partial charge in [0.2, 0.25) is 5.91 Å². The van der Waals surface area contributed by atoms with E-state index >= 15 is 0 Å². The first-order valence-corrected chi connectivity index (χ1v) is 10.4. The molecule has 1 saturated heterocycles. The number of fused-ring (bicyclic) bond motifs is 1. The standard InChI is InChI=1S/C24H30N2O2/c1-28-18-23-22(12-7-14-25(23)16-19-8-3-2-4-9-19)24(27)26-15-13-20-10-5-6-11-21(20)17-26/h2-6,8-11,22-23H,7,12-18H2,1H3/t22-,23-/m1/s1. The molecular formula is C24H30N2O2. The quantitative estimate of drug-likeness (QED) is 0.798. The molecule has 2 atom stereocenters. The van der Waals surface area contributed by atoms with Gasteiger partial charge in [0.15, 0.2) is 0 Å². The van der Waals surface area contributed by atoms with Crippen molar-refractivity contribution in [2.24, 2.45) is 5.92 Å². The third kappa shape index (κ3) is 4.13. The number of rotatable bonds is 5. The van der Waals surface area contributed by atoms with Crippen LogP contribution in [0.4, 0.5) is 0 Å². The first-order valence-electron chi connectivity index (χ1n) is 10.4. The molecule has 1 amide bonds. The van der Waals surface area contributed by atoms with Crippen LogP contribution in [0.15, 0.2) is 54.6 Å². The van der Waals surface area contributed by atoms with Gasteiger partial charge in [0.1, 0.15) is 0 Å². The Kier molecular flexibility index (Phi) is 6.08. The Morgan fingerprint density at radius 1 is 1.04 bits per heavy atom. The summed E-state index contributed by atoms with van der Waals surface area (Å²) in [6.07, 6.45) is 2.97. The van der Waals surface area contributed by atoms with Crippen LogP contribution in [-0.2, 0) is 29.0 Å². The third-order valence-electron chi connectivity index (χ3n) is 6.22. The molecule has 0 spiro atoms. The highest BCUT2D eigenvalue weighted by Gasteiger charge is 2.38. The van der Waals surface area contributed by atoms with Crippen molar-refractivity contribution in [2.75, 3.05) is 26.8 Å². The number of methoxy groups -OCH3 is 1. The average molecular weight is 379 g/mol. The molecule has 4 nitrogen and oxygen atoms in total. The van der Waals surface area contributed by atoms with Gasteiger partial charge in [-0.2, -0.15) is 0 Å². The van der Waals surface area contributed by atoms with Gasteiger partial charge in [-0.1, -0.05) is 54.6 Å². The lowest BCUT2D eigenvalue weighted by Crippen LogP contribution is -2.53. The summed E-state index contributed by atoms with van der Waals surface area (Å²) in [7, 11) is 1.74. The number of ether oxygens (including phenoxy) is 1. The lowest BCUT2D eigenvalue weighted by atomic mass is 9.87. The summed E-state index contributed by atoms with van der Waals surface area (Å²) in [5, 5.41) is 0. The molecule has 2 aliphatic heterocycles. The predicted octanol–water partition coefficient (Wildman–Crippen LogP) is 3.50. The first-order chi connectivity index (χ1) is 13.8. The largest absolute Gasteiger partial charge is 0.383 e. The van der Waals surface area contributed by atoms with E-state index in [9.17, 15) is 4.79 Å². The van der Waals surface area contributed by atoms with Crippen molar-refractivity contribution in [1.29, 1.82) is 0 Å². The maximum atomic E-state index is 13.5. The van der Waals surface area contributed by atoms with Crippen LogP contribution in [0.5, 0.6) is 0 Å². The molecule has 28 heavy (non-hydrogen) atoms. The minimum atomic E-state index is 0.0164. The van der Waals surface area contributed by atoms with Crippen LogP contribution in [0.3, 0.4) is 0 Å². The SMILES string of the molecule is COC[C@@H]1[C@H](C(=O)N2CCc3ccccc3C2)CCCN1Cc1ccccc1. The van der Waals surface area contributed by atoms with E-state index in [2.05, 4.69) is 58.3 Å². The molecule has 1 fully saturated rings. The second-order valence-corrected chi connectivity index (χ2v) is 8.01. The first kappa shape index (κ1) is 19.2. The van der Waals surface area contributed by atoms with Gasteiger partial charge in [-0.25, -0.2) is 0 Å². The average Bonchev–Trinajstić information content (AvgIpc) is 2.75. The molecule has 0 bridgehead atoms. The van der Waals surface area contributed by atoms with Crippen molar-refractivity contribution in [1.82, 2.24) is 9.80 Å². The number of piperidine rings is 1. The van der Waals surface area contributed by atoms with Gasteiger partial charge in [0.05, 0.1) is 12.5 Å². The van der Waals surface area contributed by atoms with Crippen molar-refractivity contribution in [3.05, 3.63) is 71.3 Å². The molecule has 2 aromatic carbocycles. The van der Waals surface area contributed by atoms with E-state index in [0.717, 1.165) is 45.4 Å². The molecule has 148 valence electrons. The zero-order valence-corrected chi connectivity index (χ0v) is 16.7. The van der Waals surface area contributed by atoms with Gasteiger partial charge in [-0.05, 0) is 42.5 Å². The van der Waals surface area contributed by atoms with Crippen molar-refractivity contribution in [3.63, 3.8) is 0 Å². The van der Waals surface area contributed by atoms with E-state index in [4.69, 9.17) is 4.74 Å². The molecule has 0 N–H and O–H groups in total. The molecule has 2 heterocycles. The van der Waals surface area contributed by atoms with E-state index in [1.807, 2.05) is 6.07 Å². The Morgan fingerprint density at radius 2 is 1.79 bits per heavy atom. The molecule has 0 aromatic heterocycles. The van der Waals surface area contributed by atoms with Crippen molar-refractivity contribution >= 4 is 5.91 Å². The second kappa shape index (κ2) is 8.89. The van der Waals surface area contributed by atoms with Crippen molar-refractivity contribution < 1.29 is 9.53 Å². The second-order valence-electron chi connectivity index (χ2n) is 8.01. The predicted molar refractivity (Wildman–Crippen MR) is 111 cm³/mol. The minimum absolute atomic E-state index is 0.0164. The summed E-state index contributed by atoms with van der Waals surface area (Å²) >= 11 is 0. The number of carbonyl (C=O) groups is 1. The van der Waals surface area contributed by atoms with Crippen LogP contribution in [-0.4, -0.2) is 48.6 Å². The van der Waals surface area contributed by atoms with Crippen LogP contribution in [0.2, 0.25) is 0 Å². The molecule has 4 heteroatoms. The molecule has 0 radical (unpaired) electrons. The Morgan fingerprint density at radius 3 is 2.57 bits per heavy atom. The van der Waals surface area contributed by atoms with Gasteiger partial charge in [-0.15, -0.1) is 0 Å². The topological polar surface area (TPSA) is 32.8 Å². The summed E-state index contributed by atoms with van der Waals surface area (Å²) in [4.78, 5) is 18.0. The van der Waals surface area contributed by atoms with E-state index in [-0.39, 0.29) is 12.0 Å². The maximum Gasteiger partial charge on any atom is 0.227 e. The Bertz CT molecular complexity index is 792. The number of hydrogen-bond donors (Lipinski definition) is 0. The Labute approximate surface area is 168 Å². The lowest BCUT2D eigenvalue weighted by Gasteiger charge is -2.42. The number of amides is 1. The summed E-state index contributed by atoms with van der Waals surface area (Å²) in [5.41, 5.74) is 3.97. The number of carbonyl (C=O) groups excluding carboxylic acids is 1. The van der Waals surface area contributed by atoms with Gasteiger partial charge in [-0.3, -0.25) is 9.69 Å². The highest BCUT2D eigenvalue weighted by molar-refractivity contribution is 5.80. The van der Waals surface area contributed by atoms with Gasteiger partial charge >= 0.3 is 0 Å². The Balaban J connectivity index is 1.49. The van der Waals surface area contributed by atoms with Crippen LogP contribution in [0.1, 0.15) is 29.5 Å². The fraction of sp³-hybridized carbons (Fsp3) is 0.458. The van der Waals surface area contributed by atoms with Crippen molar-refractivity contribution in [3.8, 4) is 0 Å². The Hall–Kier alpha value is -2.17. The zero-order chi connectivity index (χ0) is 19.3. The molecule has 4 rings (SSSR count). The van der Waals surface area contributed by atoms with E-state index in [0.29, 0.717) is 12.5 Å². The molecule has 0 saturated carbocycles. The van der Waals surface area contributed by atoms with Crippen LogP contribution >= 0.6 is 0 Å². The fourth-order valence-electron chi connectivity index (χ4n) is 4.74. The third-order valence-corrected chi connectivity index (χ3v) is 6.22. The summed E-state index contributed by atoms with van der Waals surface area (Å²) in [6, 6.07) is 19.2. The molecule has 0 aliphatic carbocycles. The monoisotopic (exact) mass is 378 g/mol. The highest BCUT2D eigenvalue weighted by Crippen LogP contribution is 2.29. The maximum absolute atomic E-state index is 13.5. The molecular weight excluding hydrogens is 348 g/mol. The van der Waals surface area contributed by atoms with E-state index in [1.165, 1.54) is 16.7 Å². The fourth-order valence-corrected chi connectivity index (χ4v) is 4.74. The zero-order valence-electron chi connectivity index (χ0n) is 16.7. The smallest absolute Gasteiger partial charge is 0.227 e. The van der Waals surface area contributed by atoms with Crippen LogP contribution in [0, 0.1) is 5.92 Å². The van der Waals surface area contributed by atoms with E-state index in [1.54, 1.807) is 7.11 Å². The van der Waals surface area contributed by atoms with Gasteiger partial charge in [0, 0.05) is 32.8 Å². The van der Waals surface area contributed by atoms with Crippen LogP contribution in [0.25, 0.3) is 0 Å². The lowest BCUT2D eigenvalue weighted by molar-refractivity contribution is -0.142. The number of benzene rings is 2. The van der Waals surface area contributed by atoms with Gasteiger partial charge < -0.3 is 9.64 Å². The van der Waals surface area contributed by atoms with Crippen LogP contribution < -0.4 is 0 Å². The molecule has 2 aliphatic rings. The van der Waals surface area contributed by atoms with Crippen molar-refractivity contribution in [2.45, 2.75) is 38.4 Å². The summed E-state index contributed by atoms with van der Waals surface area (Å²) in [5.74, 6) is 0.317. The molecule has 0 unspecified atom stereocenters. The summed E-state index contributed by atoms with van der Waals surface area (Å²) < 4.78 is 5.56.